The molecular weight excluding hydrogens is 226 g/mol. The molecule has 0 saturated heterocycles. The van der Waals surface area contributed by atoms with Crippen molar-refractivity contribution in [2.75, 3.05) is 11.9 Å². The first-order valence-corrected chi connectivity index (χ1v) is 4.59. The van der Waals surface area contributed by atoms with Crippen LogP contribution in [-0.4, -0.2) is 17.8 Å². The van der Waals surface area contributed by atoms with Gasteiger partial charge in [-0.25, -0.2) is 4.39 Å². The van der Waals surface area contributed by atoms with Crippen LogP contribution in [0, 0.1) is 5.82 Å². The van der Waals surface area contributed by atoms with Crippen LogP contribution in [0.3, 0.4) is 0 Å². The van der Waals surface area contributed by atoms with E-state index in [-0.39, 0.29) is 12.2 Å². The lowest BCUT2D eigenvalue weighted by Crippen LogP contribution is -2.16. The Morgan fingerprint density at radius 1 is 1.38 bits per heavy atom. The molecule has 90 valence electrons. The zero-order valence-electron chi connectivity index (χ0n) is 8.48. The molecule has 1 atom stereocenters. The first-order valence-electron chi connectivity index (χ1n) is 4.59. The molecule has 0 aromatic heterocycles. The standard InChI is InChI=1S/C10H11F4NO/c1-6(16)5-15-7-2-3-9(11)8(4-7)10(12,13)14/h2-4,6,15-16H,5H2,1H3/t6-/m0/s1. The predicted molar refractivity (Wildman–Crippen MR) is 51.6 cm³/mol. The summed E-state index contributed by atoms with van der Waals surface area (Å²) < 4.78 is 49.8. The molecule has 16 heavy (non-hydrogen) atoms. The van der Waals surface area contributed by atoms with Crippen LogP contribution in [-0.2, 0) is 6.18 Å². The third-order valence-corrected chi connectivity index (χ3v) is 1.87. The normalized spacial score (nSPS) is 13.6. The Hall–Kier alpha value is -1.30. The molecule has 0 spiro atoms. The maximum atomic E-state index is 12.9. The highest BCUT2D eigenvalue weighted by Crippen LogP contribution is 2.32. The number of anilines is 1. The van der Waals surface area contributed by atoms with E-state index in [4.69, 9.17) is 5.11 Å². The Kier molecular flexibility index (Phi) is 3.74. The van der Waals surface area contributed by atoms with Crippen LogP contribution in [0.25, 0.3) is 0 Å². The number of benzene rings is 1. The van der Waals surface area contributed by atoms with E-state index >= 15 is 0 Å². The summed E-state index contributed by atoms with van der Waals surface area (Å²) in [4.78, 5) is 0. The van der Waals surface area contributed by atoms with Crippen molar-refractivity contribution in [1.29, 1.82) is 0 Å². The van der Waals surface area contributed by atoms with Crippen molar-refractivity contribution in [2.45, 2.75) is 19.2 Å². The maximum Gasteiger partial charge on any atom is 0.419 e. The van der Waals surface area contributed by atoms with Gasteiger partial charge in [-0.1, -0.05) is 0 Å². The van der Waals surface area contributed by atoms with Gasteiger partial charge >= 0.3 is 6.18 Å². The minimum atomic E-state index is -4.72. The number of rotatable bonds is 3. The van der Waals surface area contributed by atoms with Crippen molar-refractivity contribution >= 4 is 5.69 Å². The van der Waals surface area contributed by atoms with Gasteiger partial charge in [0.1, 0.15) is 5.82 Å². The molecule has 1 aromatic carbocycles. The average Bonchev–Trinajstić information content (AvgIpc) is 2.14. The maximum absolute atomic E-state index is 12.9. The number of alkyl halides is 3. The van der Waals surface area contributed by atoms with Crippen molar-refractivity contribution < 1.29 is 22.7 Å². The van der Waals surface area contributed by atoms with E-state index in [9.17, 15) is 17.6 Å². The van der Waals surface area contributed by atoms with Gasteiger partial charge in [0, 0.05) is 12.2 Å². The quantitative estimate of drug-likeness (QED) is 0.792. The predicted octanol–water partition coefficient (Wildman–Crippen LogP) is 2.64. The Labute approximate surface area is 89.9 Å². The summed E-state index contributed by atoms with van der Waals surface area (Å²) in [5, 5.41) is 11.5. The van der Waals surface area contributed by atoms with Crippen molar-refractivity contribution in [1.82, 2.24) is 0 Å². The van der Waals surface area contributed by atoms with E-state index in [0.717, 1.165) is 6.07 Å². The lowest BCUT2D eigenvalue weighted by Gasteiger charge is -2.12. The van der Waals surface area contributed by atoms with E-state index in [1.54, 1.807) is 0 Å². The highest BCUT2D eigenvalue weighted by atomic mass is 19.4. The molecule has 0 aliphatic carbocycles. The van der Waals surface area contributed by atoms with Crippen LogP contribution in [0.5, 0.6) is 0 Å². The van der Waals surface area contributed by atoms with Gasteiger partial charge in [0.25, 0.3) is 0 Å². The Morgan fingerprint density at radius 3 is 2.50 bits per heavy atom. The summed E-state index contributed by atoms with van der Waals surface area (Å²) in [5.74, 6) is -1.31. The van der Waals surface area contributed by atoms with Gasteiger partial charge in [-0.2, -0.15) is 13.2 Å². The van der Waals surface area contributed by atoms with Crippen molar-refractivity contribution in [2.24, 2.45) is 0 Å². The molecule has 0 heterocycles. The average molecular weight is 237 g/mol. The van der Waals surface area contributed by atoms with Crippen molar-refractivity contribution in [3.05, 3.63) is 29.6 Å². The van der Waals surface area contributed by atoms with Crippen LogP contribution in [0.2, 0.25) is 0 Å². The molecule has 2 N–H and O–H groups in total. The monoisotopic (exact) mass is 237 g/mol. The largest absolute Gasteiger partial charge is 0.419 e. The van der Waals surface area contributed by atoms with Crippen LogP contribution >= 0.6 is 0 Å². The SMILES string of the molecule is C[C@H](O)CNc1ccc(F)c(C(F)(F)F)c1. The molecule has 2 nitrogen and oxygen atoms in total. The lowest BCUT2D eigenvalue weighted by molar-refractivity contribution is -0.139. The third-order valence-electron chi connectivity index (χ3n) is 1.87. The van der Waals surface area contributed by atoms with Crippen LogP contribution in [0.4, 0.5) is 23.2 Å². The third kappa shape index (κ3) is 3.37. The van der Waals surface area contributed by atoms with Gasteiger partial charge in [0.15, 0.2) is 0 Å². The van der Waals surface area contributed by atoms with E-state index in [2.05, 4.69) is 5.32 Å². The fourth-order valence-electron chi connectivity index (χ4n) is 1.12. The van der Waals surface area contributed by atoms with Crippen LogP contribution in [0.1, 0.15) is 12.5 Å². The Balaban J connectivity index is 2.90. The van der Waals surface area contributed by atoms with Crippen LogP contribution in [0.15, 0.2) is 18.2 Å². The van der Waals surface area contributed by atoms with Crippen molar-refractivity contribution in [3.8, 4) is 0 Å². The first-order chi connectivity index (χ1) is 7.30. The van der Waals surface area contributed by atoms with E-state index in [1.165, 1.54) is 13.0 Å². The van der Waals surface area contributed by atoms with Gasteiger partial charge in [-0.15, -0.1) is 0 Å². The molecular formula is C10H11F4NO. The molecule has 0 aliphatic heterocycles. The van der Waals surface area contributed by atoms with E-state index in [0.29, 0.717) is 6.07 Å². The smallest absolute Gasteiger partial charge is 0.392 e. The first kappa shape index (κ1) is 12.8. The number of aliphatic hydroxyl groups is 1. The zero-order valence-corrected chi connectivity index (χ0v) is 8.48. The Bertz CT molecular complexity index is 362. The lowest BCUT2D eigenvalue weighted by atomic mass is 10.2. The molecule has 6 heteroatoms. The summed E-state index contributed by atoms with van der Waals surface area (Å²) in [5.41, 5.74) is -1.20. The summed E-state index contributed by atoms with van der Waals surface area (Å²) in [6.07, 6.45) is -5.41. The number of nitrogens with one attached hydrogen (secondary N) is 1. The van der Waals surface area contributed by atoms with Gasteiger partial charge in [0.2, 0.25) is 0 Å². The summed E-state index contributed by atoms with van der Waals surface area (Å²) in [6, 6.07) is 2.61. The number of hydrogen-bond acceptors (Lipinski definition) is 2. The summed E-state index contributed by atoms with van der Waals surface area (Å²) >= 11 is 0. The zero-order chi connectivity index (χ0) is 12.3. The molecule has 0 fully saturated rings. The molecule has 1 aromatic rings. The summed E-state index contributed by atoms with van der Waals surface area (Å²) in [7, 11) is 0. The second-order valence-electron chi connectivity index (χ2n) is 3.42. The minimum absolute atomic E-state index is 0.100. The fraction of sp³-hybridized carbons (Fsp3) is 0.400. The molecule has 0 bridgehead atoms. The molecule has 0 saturated carbocycles. The van der Waals surface area contributed by atoms with Crippen molar-refractivity contribution in [3.63, 3.8) is 0 Å². The number of hydrogen-bond donors (Lipinski definition) is 2. The molecule has 1 rings (SSSR count). The van der Waals surface area contributed by atoms with Gasteiger partial charge < -0.3 is 10.4 Å². The number of halogens is 4. The molecule has 0 aliphatic rings. The molecule has 0 amide bonds. The van der Waals surface area contributed by atoms with Gasteiger partial charge in [-0.05, 0) is 25.1 Å². The van der Waals surface area contributed by atoms with Crippen LogP contribution < -0.4 is 5.32 Å². The van der Waals surface area contributed by atoms with Gasteiger partial charge in [0.05, 0.1) is 11.7 Å². The second kappa shape index (κ2) is 4.69. The Morgan fingerprint density at radius 2 is 2.00 bits per heavy atom. The van der Waals surface area contributed by atoms with E-state index in [1.807, 2.05) is 0 Å². The fourth-order valence-corrected chi connectivity index (χ4v) is 1.12. The highest BCUT2D eigenvalue weighted by Gasteiger charge is 2.34. The number of aliphatic hydroxyl groups excluding tert-OH is 1. The second-order valence-corrected chi connectivity index (χ2v) is 3.42. The minimum Gasteiger partial charge on any atom is -0.392 e. The highest BCUT2D eigenvalue weighted by molar-refractivity contribution is 5.47. The van der Waals surface area contributed by atoms with Gasteiger partial charge in [-0.3, -0.25) is 0 Å². The molecule has 0 unspecified atom stereocenters. The summed E-state index contributed by atoms with van der Waals surface area (Å²) in [6.45, 7) is 1.59. The molecule has 0 radical (unpaired) electrons. The van der Waals surface area contributed by atoms with E-state index < -0.39 is 23.7 Å². The topological polar surface area (TPSA) is 32.3 Å².